The van der Waals surface area contributed by atoms with Crippen LogP contribution in [0.2, 0.25) is 0 Å². The molecule has 0 saturated carbocycles. The van der Waals surface area contributed by atoms with Crippen LogP contribution in [0.5, 0.6) is 0 Å². The van der Waals surface area contributed by atoms with Gasteiger partial charge in [-0.15, -0.1) is 0 Å². The molecule has 0 aromatic heterocycles. The Kier molecular flexibility index (Phi) is 3.82. The topological polar surface area (TPSA) is 49.9 Å². The van der Waals surface area contributed by atoms with Gasteiger partial charge in [0.15, 0.2) is 0 Å². The Morgan fingerprint density at radius 2 is 1.76 bits per heavy atom. The Hall–Kier alpha value is -2.04. The number of carbonyl (C=O) groups excluding carboxylic acids is 2. The van der Waals surface area contributed by atoms with Crippen LogP contribution in [0.25, 0.3) is 0 Å². The molecule has 1 aromatic carbocycles. The van der Waals surface area contributed by atoms with Crippen molar-refractivity contribution in [3.63, 3.8) is 0 Å². The zero-order valence-electron chi connectivity index (χ0n) is 12.2. The quantitative estimate of drug-likeness (QED) is 0.796. The zero-order valence-corrected chi connectivity index (χ0v) is 12.2. The van der Waals surface area contributed by atoms with Gasteiger partial charge in [-0.2, -0.15) is 0 Å². The molecule has 2 saturated heterocycles. The van der Waals surface area contributed by atoms with Crippen LogP contribution >= 0.6 is 0 Å². The Morgan fingerprint density at radius 1 is 1.14 bits per heavy atom. The van der Waals surface area contributed by atoms with Gasteiger partial charge in [-0.05, 0) is 37.1 Å². The summed E-state index contributed by atoms with van der Waals surface area (Å²) in [6.45, 7) is 2.62. The van der Waals surface area contributed by atoms with Crippen LogP contribution < -0.4 is 9.80 Å². The Labute approximate surface area is 124 Å². The Morgan fingerprint density at radius 3 is 2.38 bits per heavy atom. The lowest BCUT2D eigenvalue weighted by atomic mass is 10.1. The molecular formula is C16H20N2O3. The van der Waals surface area contributed by atoms with E-state index in [9.17, 15) is 9.59 Å². The number of carbonyl (C=O) groups is 2. The minimum absolute atomic E-state index is 0.0145. The van der Waals surface area contributed by atoms with Gasteiger partial charge >= 0.3 is 5.97 Å². The van der Waals surface area contributed by atoms with Crippen molar-refractivity contribution in [2.45, 2.75) is 19.3 Å². The molecule has 21 heavy (non-hydrogen) atoms. The number of rotatable bonds is 3. The van der Waals surface area contributed by atoms with Crippen molar-refractivity contribution in [3.05, 3.63) is 24.3 Å². The predicted molar refractivity (Wildman–Crippen MR) is 80.4 cm³/mol. The van der Waals surface area contributed by atoms with Crippen LogP contribution in [0.15, 0.2) is 24.3 Å². The summed E-state index contributed by atoms with van der Waals surface area (Å²) in [7, 11) is 1.36. The number of hydrogen-bond donors (Lipinski definition) is 0. The second-order valence-electron chi connectivity index (χ2n) is 5.64. The van der Waals surface area contributed by atoms with Crippen molar-refractivity contribution >= 4 is 23.3 Å². The summed E-state index contributed by atoms with van der Waals surface area (Å²) in [5, 5.41) is 0. The van der Waals surface area contributed by atoms with E-state index in [2.05, 4.69) is 17.0 Å². The number of hydrogen-bond acceptors (Lipinski definition) is 4. The molecule has 0 bridgehead atoms. The van der Waals surface area contributed by atoms with Crippen LogP contribution in [0.1, 0.15) is 19.3 Å². The lowest BCUT2D eigenvalue weighted by Crippen LogP contribution is -2.26. The molecule has 2 heterocycles. The molecule has 0 aliphatic carbocycles. The summed E-state index contributed by atoms with van der Waals surface area (Å²) in [6.07, 6.45) is 2.72. The fraction of sp³-hybridized carbons (Fsp3) is 0.500. The second kappa shape index (κ2) is 5.76. The van der Waals surface area contributed by atoms with E-state index in [1.807, 2.05) is 12.1 Å². The van der Waals surface area contributed by atoms with E-state index in [1.165, 1.54) is 25.6 Å². The molecule has 1 aromatic rings. The highest BCUT2D eigenvalue weighted by molar-refractivity contribution is 5.99. The largest absolute Gasteiger partial charge is 0.469 e. The van der Waals surface area contributed by atoms with E-state index >= 15 is 0 Å². The van der Waals surface area contributed by atoms with Crippen molar-refractivity contribution in [1.82, 2.24) is 0 Å². The normalized spacial score (nSPS) is 22.0. The van der Waals surface area contributed by atoms with Crippen molar-refractivity contribution in [1.29, 1.82) is 0 Å². The minimum Gasteiger partial charge on any atom is -0.469 e. The minimum atomic E-state index is -0.347. The van der Waals surface area contributed by atoms with Crippen molar-refractivity contribution < 1.29 is 14.3 Å². The molecule has 5 heteroatoms. The lowest BCUT2D eigenvalue weighted by Gasteiger charge is -2.20. The monoisotopic (exact) mass is 288 g/mol. The first-order valence-electron chi connectivity index (χ1n) is 7.42. The molecule has 0 unspecified atom stereocenters. The van der Waals surface area contributed by atoms with Crippen LogP contribution in [-0.2, 0) is 14.3 Å². The fourth-order valence-electron chi connectivity index (χ4n) is 3.10. The second-order valence-corrected chi connectivity index (χ2v) is 5.64. The third-order valence-corrected chi connectivity index (χ3v) is 4.29. The maximum atomic E-state index is 12.1. The number of nitrogens with zero attached hydrogens (tertiary/aromatic N) is 2. The maximum Gasteiger partial charge on any atom is 0.311 e. The summed E-state index contributed by atoms with van der Waals surface area (Å²) < 4.78 is 4.73. The standard InChI is InChI=1S/C16H20N2O3/c1-21-16(20)12-10-15(19)18(11-12)14-6-4-13(5-7-14)17-8-2-3-9-17/h4-7,12H,2-3,8-11H2,1H3/t12-/m1/s1. The van der Waals surface area contributed by atoms with Gasteiger partial charge in [0.2, 0.25) is 5.91 Å². The van der Waals surface area contributed by atoms with Gasteiger partial charge in [-0.25, -0.2) is 0 Å². The maximum absolute atomic E-state index is 12.1. The van der Waals surface area contributed by atoms with Crippen LogP contribution in [0, 0.1) is 5.92 Å². The van der Waals surface area contributed by atoms with Crippen LogP contribution in [0.4, 0.5) is 11.4 Å². The molecule has 2 fully saturated rings. The average molecular weight is 288 g/mol. The van der Waals surface area contributed by atoms with Crippen molar-refractivity contribution in [2.75, 3.05) is 36.5 Å². The summed E-state index contributed by atoms with van der Waals surface area (Å²) in [4.78, 5) is 27.6. The lowest BCUT2D eigenvalue weighted by molar-refractivity contribution is -0.145. The molecule has 0 radical (unpaired) electrons. The average Bonchev–Trinajstić information content (AvgIpc) is 3.16. The highest BCUT2D eigenvalue weighted by Crippen LogP contribution is 2.28. The van der Waals surface area contributed by atoms with Gasteiger partial charge in [0.05, 0.1) is 13.0 Å². The number of benzene rings is 1. The molecule has 3 rings (SSSR count). The van der Waals surface area contributed by atoms with Crippen molar-refractivity contribution in [2.24, 2.45) is 5.92 Å². The van der Waals surface area contributed by atoms with Gasteiger partial charge in [0.25, 0.3) is 0 Å². The van der Waals surface area contributed by atoms with Gasteiger partial charge in [-0.1, -0.05) is 0 Å². The number of anilines is 2. The first-order valence-corrected chi connectivity index (χ1v) is 7.42. The molecule has 0 N–H and O–H groups in total. The molecular weight excluding hydrogens is 268 g/mol. The number of ether oxygens (including phenoxy) is 1. The van der Waals surface area contributed by atoms with Crippen molar-refractivity contribution in [3.8, 4) is 0 Å². The fourth-order valence-corrected chi connectivity index (χ4v) is 3.10. The Bertz CT molecular complexity index is 535. The van der Waals surface area contributed by atoms with Gasteiger partial charge < -0.3 is 14.5 Å². The van der Waals surface area contributed by atoms with Crippen LogP contribution in [0.3, 0.4) is 0 Å². The van der Waals surface area contributed by atoms with E-state index in [-0.39, 0.29) is 24.2 Å². The van der Waals surface area contributed by atoms with Gasteiger partial charge in [-0.3, -0.25) is 9.59 Å². The van der Waals surface area contributed by atoms with Crippen LogP contribution in [-0.4, -0.2) is 38.6 Å². The SMILES string of the molecule is COC(=O)[C@@H]1CC(=O)N(c2ccc(N3CCCC3)cc2)C1. The molecule has 2 aliphatic rings. The summed E-state index contributed by atoms with van der Waals surface area (Å²) in [5.41, 5.74) is 2.06. The summed E-state index contributed by atoms with van der Waals surface area (Å²) >= 11 is 0. The van der Waals surface area contributed by atoms with E-state index in [0.29, 0.717) is 6.54 Å². The van der Waals surface area contributed by atoms with E-state index in [0.717, 1.165) is 18.8 Å². The molecule has 1 atom stereocenters. The van der Waals surface area contributed by atoms with E-state index in [1.54, 1.807) is 4.90 Å². The molecule has 5 nitrogen and oxygen atoms in total. The van der Waals surface area contributed by atoms with Gasteiger partial charge in [0.1, 0.15) is 0 Å². The number of methoxy groups -OCH3 is 1. The first kappa shape index (κ1) is 13.9. The first-order chi connectivity index (χ1) is 10.2. The number of amides is 1. The molecule has 2 aliphatic heterocycles. The summed E-state index contributed by atoms with van der Waals surface area (Å²) in [6, 6.07) is 8.04. The summed E-state index contributed by atoms with van der Waals surface area (Å²) in [5.74, 6) is -0.667. The predicted octanol–water partition coefficient (Wildman–Crippen LogP) is 1.81. The molecule has 112 valence electrons. The Balaban J connectivity index is 1.72. The van der Waals surface area contributed by atoms with Gasteiger partial charge in [0, 0.05) is 37.4 Å². The highest BCUT2D eigenvalue weighted by Gasteiger charge is 2.35. The van der Waals surface area contributed by atoms with E-state index in [4.69, 9.17) is 4.74 Å². The highest BCUT2D eigenvalue weighted by atomic mass is 16.5. The van der Waals surface area contributed by atoms with E-state index < -0.39 is 0 Å². The third-order valence-electron chi connectivity index (χ3n) is 4.29. The molecule has 1 amide bonds. The third kappa shape index (κ3) is 2.73. The number of esters is 1. The molecule has 0 spiro atoms. The smallest absolute Gasteiger partial charge is 0.311 e. The zero-order chi connectivity index (χ0) is 14.8.